The van der Waals surface area contributed by atoms with Crippen LogP contribution in [0, 0.1) is 16.0 Å². The smallest absolute Gasteiger partial charge is 0.258 e. The molecule has 1 saturated carbocycles. The molecule has 21 heavy (non-hydrogen) atoms. The number of rotatable bonds is 6. The Hall–Kier alpha value is -1.20. The second-order valence-corrected chi connectivity index (χ2v) is 7.56. The molecule has 0 bridgehead atoms. The molecule has 1 aromatic heterocycles. The molecular formula is C10H11F3N2O4S2. The van der Waals surface area contributed by atoms with Gasteiger partial charge in [-0.3, -0.25) is 10.1 Å². The first-order chi connectivity index (χ1) is 9.59. The van der Waals surface area contributed by atoms with E-state index < -0.39 is 37.6 Å². The molecule has 0 aliphatic heterocycles. The fourth-order valence-corrected chi connectivity index (χ4v) is 4.30. The maximum atomic E-state index is 12.5. The minimum atomic E-state index is -4.66. The Morgan fingerprint density at radius 2 is 2.05 bits per heavy atom. The van der Waals surface area contributed by atoms with Crippen molar-refractivity contribution in [2.75, 3.05) is 13.1 Å². The maximum Gasteiger partial charge on any atom is 0.402 e. The summed E-state index contributed by atoms with van der Waals surface area (Å²) in [7, 11) is -4.38. The first-order valence-electron chi connectivity index (χ1n) is 5.89. The molecule has 0 atom stereocenters. The standard InChI is InChI=1S/C10H11F3N2O4S2/c11-10(12,13)6-14(4-7-1-2-7)21(18,19)8-3-9(15(16)17)20-5-8/h3,5,7H,1-2,4,6H2. The van der Waals surface area contributed by atoms with Crippen LogP contribution in [0.5, 0.6) is 0 Å². The molecule has 1 fully saturated rings. The van der Waals surface area contributed by atoms with Crippen molar-refractivity contribution in [1.29, 1.82) is 0 Å². The minimum Gasteiger partial charge on any atom is -0.258 e. The van der Waals surface area contributed by atoms with Crippen molar-refractivity contribution in [3.05, 3.63) is 21.6 Å². The van der Waals surface area contributed by atoms with Crippen LogP contribution >= 0.6 is 11.3 Å². The summed E-state index contributed by atoms with van der Waals surface area (Å²) in [5.41, 5.74) is 0. The highest BCUT2D eigenvalue weighted by Gasteiger charge is 2.40. The molecule has 0 unspecified atom stereocenters. The Morgan fingerprint density at radius 3 is 2.48 bits per heavy atom. The summed E-state index contributed by atoms with van der Waals surface area (Å²) in [6.07, 6.45) is -3.29. The second kappa shape index (κ2) is 5.54. The lowest BCUT2D eigenvalue weighted by Gasteiger charge is -2.22. The lowest BCUT2D eigenvalue weighted by molar-refractivity contribution is -0.380. The lowest BCUT2D eigenvalue weighted by Crippen LogP contribution is -2.40. The van der Waals surface area contributed by atoms with Crippen molar-refractivity contribution >= 4 is 26.4 Å². The monoisotopic (exact) mass is 344 g/mol. The average molecular weight is 344 g/mol. The number of nitrogens with zero attached hydrogens (tertiary/aromatic N) is 2. The number of thiophene rings is 1. The molecule has 0 aromatic carbocycles. The van der Waals surface area contributed by atoms with E-state index in [4.69, 9.17) is 0 Å². The van der Waals surface area contributed by atoms with Crippen LogP contribution in [0.4, 0.5) is 18.2 Å². The quantitative estimate of drug-likeness (QED) is 0.587. The van der Waals surface area contributed by atoms with E-state index in [1.165, 1.54) is 0 Å². The van der Waals surface area contributed by atoms with Gasteiger partial charge in [0.25, 0.3) is 0 Å². The minimum absolute atomic E-state index is 0.0734. The summed E-state index contributed by atoms with van der Waals surface area (Å²) >= 11 is 0.568. The van der Waals surface area contributed by atoms with Crippen molar-refractivity contribution in [2.45, 2.75) is 23.9 Å². The lowest BCUT2D eigenvalue weighted by atomic mass is 10.4. The van der Waals surface area contributed by atoms with E-state index in [1.807, 2.05) is 0 Å². The predicted molar refractivity (Wildman–Crippen MR) is 68.5 cm³/mol. The highest BCUT2D eigenvalue weighted by Crippen LogP contribution is 2.34. The molecule has 1 aromatic rings. The SMILES string of the molecule is O=[N+]([O-])c1cc(S(=O)(=O)N(CC2CC2)CC(F)(F)F)cs1. The van der Waals surface area contributed by atoms with Crippen molar-refractivity contribution in [1.82, 2.24) is 4.31 Å². The number of hydrogen-bond donors (Lipinski definition) is 0. The van der Waals surface area contributed by atoms with Gasteiger partial charge in [0.2, 0.25) is 10.0 Å². The Morgan fingerprint density at radius 1 is 1.43 bits per heavy atom. The largest absolute Gasteiger partial charge is 0.402 e. The van der Waals surface area contributed by atoms with Crippen molar-refractivity contribution in [2.24, 2.45) is 5.92 Å². The van der Waals surface area contributed by atoms with Gasteiger partial charge in [0.1, 0.15) is 11.4 Å². The van der Waals surface area contributed by atoms with Crippen LogP contribution in [-0.2, 0) is 10.0 Å². The average Bonchev–Trinajstić information content (AvgIpc) is 2.99. The third-order valence-corrected chi connectivity index (χ3v) is 5.71. The third kappa shape index (κ3) is 4.14. The summed E-state index contributed by atoms with van der Waals surface area (Å²) in [4.78, 5) is 9.31. The zero-order chi connectivity index (χ0) is 15.8. The molecular weight excluding hydrogens is 333 g/mol. The van der Waals surface area contributed by atoms with E-state index in [2.05, 4.69) is 0 Å². The van der Waals surface area contributed by atoms with Crippen LogP contribution in [-0.4, -0.2) is 36.9 Å². The molecule has 0 spiro atoms. The third-order valence-electron chi connectivity index (χ3n) is 2.89. The van der Waals surface area contributed by atoms with Crippen molar-refractivity contribution in [3.8, 4) is 0 Å². The fraction of sp³-hybridized carbons (Fsp3) is 0.600. The maximum absolute atomic E-state index is 12.5. The van der Waals surface area contributed by atoms with Crippen LogP contribution < -0.4 is 0 Å². The number of nitro groups is 1. The molecule has 118 valence electrons. The van der Waals surface area contributed by atoms with Crippen LogP contribution in [0.15, 0.2) is 16.3 Å². The van der Waals surface area contributed by atoms with Crippen LogP contribution in [0.25, 0.3) is 0 Å². The molecule has 6 nitrogen and oxygen atoms in total. The van der Waals surface area contributed by atoms with Gasteiger partial charge >= 0.3 is 11.2 Å². The van der Waals surface area contributed by atoms with Gasteiger partial charge in [0.15, 0.2) is 0 Å². The molecule has 0 radical (unpaired) electrons. The van der Waals surface area contributed by atoms with Gasteiger partial charge in [-0.15, -0.1) is 0 Å². The fourth-order valence-electron chi connectivity index (χ4n) is 1.72. The molecule has 0 amide bonds. The molecule has 1 aliphatic rings. The first-order valence-corrected chi connectivity index (χ1v) is 8.21. The van der Waals surface area contributed by atoms with Crippen LogP contribution in [0.3, 0.4) is 0 Å². The molecule has 0 N–H and O–H groups in total. The highest BCUT2D eigenvalue weighted by atomic mass is 32.2. The summed E-state index contributed by atoms with van der Waals surface area (Å²) in [5.74, 6) is -0.0734. The first kappa shape index (κ1) is 16.2. The van der Waals surface area contributed by atoms with Gasteiger partial charge in [0, 0.05) is 18.0 Å². The van der Waals surface area contributed by atoms with Crippen LogP contribution in [0.2, 0.25) is 0 Å². The van der Waals surface area contributed by atoms with Gasteiger partial charge < -0.3 is 0 Å². The van der Waals surface area contributed by atoms with E-state index in [9.17, 15) is 31.7 Å². The second-order valence-electron chi connectivity index (χ2n) is 4.73. The molecule has 1 aliphatic carbocycles. The van der Waals surface area contributed by atoms with Gasteiger partial charge in [-0.05, 0) is 18.8 Å². The summed E-state index contributed by atoms with van der Waals surface area (Å²) in [6.45, 7) is -1.80. The molecule has 0 saturated heterocycles. The Bertz CT molecular complexity index is 637. The van der Waals surface area contributed by atoms with E-state index in [1.54, 1.807) is 0 Å². The van der Waals surface area contributed by atoms with Crippen LogP contribution in [0.1, 0.15) is 12.8 Å². The molecule has 11 heteroatoms. The zero-order valence-electron chi connectivity index (χ0n) is 10.5. The highest BCUT2D eigenvalue weighted by molar-refractivity contribution is 7.89. The number of halogens is 3. The predicted octanol–water partition coefficient (Wildman–Crippen LogP) is 2.62. The van der Waals surface area contributed by atoms with Gasteiger partial charge in [-0.1, -0.05) is 11.3 Å². The van der Waals surface area contributed by atoms with E-state index in [0.717, 1.165) is 11.4 Å². The Labute approximate surface area is 122 Å². The van der Waals surface area contributed by atoms with Gasteiger partial charge in [0.05, 0.1) is 4.92 Å². The van der Waals surface area contributed by atoms with E-state index >= 15 is 0 Å². The summed E-state index contributed by atoms with van der Waals surface area (Å²) in [6, 6.07) is 0.788. The topological polar surface area (TPSA) is 80.5 Å². The van der Waals surface area contributed by atoms with Crippen molar-refractivity contribution < 1.29 is 26.5 Å². The molecule has 1 heterocycles. The summed E-state index contributed by atoms with van der Waals surface area (Å²) in [5, 5.41) is 11.1. The van der Waals surface area contributed by atoms with E-state index in [0.29, 0.717) is 28.5 Å². The Kier molecular flexibility index (Phi) is 4.26. The van der Waals surface area contributed by atoms with Gasteiger partial charge in [-0.2, -0.15) is 17.5 Å². The number of sulfonamides is 1. The Balaban J connectivity index is 2.28. The summed E-state index contributed by atoms with van der Waals surface area (Å²) < 4.78 is 62.4. The normalized spacial score (nSPS) is 16.4. The molecule has 2 rings (SSSR count). The van der Waals surface area contributed by atoms with E-state index in [-0.39, 0.29) is 12.5 Å². The number of hydrogen-bond acceptors (Lipinski definition) is 5. The zero-order valence-corrected chi connectivity index (χ0v) is 12.2. The van der Waals surface area contributed by atoms with Gasteiger partial charge in [-0.25, -0.2) is 8.42 Å². The number of alkyl halides is 3. The van der Waals surface area contributed by atoms with Crippen molar-refractivity contribution in [3.63, 3.8) is 0 Å².